The molecule has 2 aliphatic heterocycles. The number of hydrogen-bond acceptors (Lipinski definition) is 5. The van der Waals surface area contributed by atoms with Crippen LogP contribution in [-0.2, 0) is 13.0 Å². The number of rotatable bonds is 2. The van der Waals surface area contributed by atoms with Gasteiger partial charge in [-0.15, -0.1) is 0 Å². The van der Waals surface area contributed by atoms with Crippen molar-refractivity contribution in [3.8, 4) is 5.88 Å². The Labute approximate surface area is 101 Å². The van der Waals surface area contributed by atoms with Gasteiger partial charge in [-0.1, -0.05) is 0 Å². The van der Waals surface area contributed by atoms with E-state index in [0.29, 0.717) is 0 Å². The van der Waals surface area contributed by atoms with Gasteiger partial charge >= 0.3 is 0 Å². The molecular weight excluding hydrogens is 216 g/mol. The first-order valence-corrected chi connectivity index (χ1v) is 6.28. The molecule has 0 aromatic carbocycles. The zero-order valence-electron chi connectivity index (χ0n) is 10.2. The molecule has 0 atom stereocenters. The molecule has 2 aliphatic rings. The predicted molar refractivity (Wildman–Crippen MR) is 65.4 cm³/mol. The van der Waals surface area contributed by atoms with Crippen LogP contribution in [0.2, 0.25) is 0 Å². The second-order valence-corrected chi connectivity index (χ2v) is 4.58. The van der Waals surface area contributed by atoms with Crippen LogP contribution in [0.4, 0.5) is 5.95 Å². The zero-order chi connectivity index (χ0) is 11.7. The van der Waals surface area contributed by atoms with E-state index in [9.17, 15) is 0 Å². The zero-order valence-corrected chi connectivity index (χ0v) is 10.2. The highest BCUT2D eigenvalue weighted by molar-refractivity contribution is 5.42. The molecule has 0 spiro atoms. The van der Waals surface area contributed by atoms with Gasteiger partial charge in [0.15, 0.2) is 0 Å². The summed E-state index contributed by atoms with van der Waals surface area (Å²) in [5, 5.41) is 3.33. The van der Waals surface area contributed by atoms with Crippen molar-refractivity contribution in [3.05, 3.63) is 11.3 Å². The predicted octanol–water partition coefficient (Wildman–Crippen LogP) is 0.731. The number of nitrogens with zero attached hydrogens (tertiary/aromatic N) is 3. The summed E-state index contributed by atoms with van der Waals surface area (Å²) in [5.74, 6) is 1.59. The monoisotopic (exact) mass is 234 g/mol. The summed E-state index contributed by atoms with van der Waals surface area (Å²) < 4.78 is 5.40. The number of nitrogens with one attached hydrogen (secondary N) is 1. The van der Waals surface area contributed by atoms with Crippen LogP contribution in [0.3, 0.4) is 0 Å². The molecule has 0 unspecified atom stereocenters. The molecule has 0 bridgehead atoms. The number of hydrogen-bond donors (Lipinski definition) is 1. The number of aromatic nitrogens is 2. The quantitative estimate of drug-likeness (QED) is 0.817. The minimum Gasteiger partial charge on any atom is -0.481 e. The second kappa shape index (κ2) is 4.49. The molecule has 3 heterocycles. The Bertz CT molecular complexity index is 398. The van der Waals surface area contributed by atoms with Gasteiger partial charge in [-0.25, -0.2) is 4.98 Å². The van der Waals surface area contributed by atoms with Gasteiger partial charge in [0.05, 0.1) is 12.8 Å². The maximum atomic E-state index is 5.40. The summed E-state index contributed by atoms with van der Waals surface area (Å²) in [6.07, 6.45) is 3.45. The van der Waals surface area contributed by atoms with Crippen LogP contribution in [-0.4, -0.2) is 36.7 Å². The molecule has 17 heavy (non-hydrogen) atoms. The van der Waals surface area contributed by atoms with Crippen LogP contribution in [0.5, 0.6) is 5.88 Å². The summed E-state index contributed by atoms with van der Waals surface area (Å²) in [7, 11) is 1.69. The van der Waals surface area contributed by atoms with E-state index in [0.717, 1.165) is 55.7 Å². The maximum Gasteiger partial charge on any atom is 0.228 e. The molecule has 0 saturated carbocycles. The average Bonchev–Trinajstić information content (AvgIpc) is 2.91. The SMILES string of the molecule is COc1nc(N2CCCC2)nc2c1CNCC2. The third-order valence-electron chi connectivity index (χ3n) is 3.47. The summed E-state index contributed by atoms with van der Waals surface area (Å²) >= 11 is 0. The highest BCUT2D eigenvalue weighted by Crippen LogP contribution is 2.26. The van der Waals surface area contributed by atoms with E-state index in [4.69, 9.17) is 9.72 Å². The Morgan fingerprint density at radius 1 is 1.24 bits per heavy atom. The Morgan fingerprint density at radius 2 is 2.06 bits per heavy atom. The van der Waals surface area contributed by atoms with Gasteiger partial charge in [-0.3, -0.25) is 0 Å². The van der Waals surface area contributed by atoms with Crippen molar-refractivity contribution in [1.82, 2.24) is 15.3 Å². The molecule has 1 N–H and O–H groups in total. The van der Waals surface area contributed by atoms with Crippen molar-refractivity contribution >= 4 is 5.95 Å². The smallest absolute Gasteiger partial charge is 0.228 e. The van der Waals surface area contributed by atoms with E-state index in [-0.39, 0.29) is 0 Å². The fourth-order valence-corrected chi connectivity index (χ4v) is 2.53. The first-order valence-electron chi connectivity index (χ1n) is 6.28. The normalized spacial score (nSPS) is 19.2. The summed E-state index contributed by atoms with van der Waals surface area (Å²) in [5.41, 5.74) is 2.28. The number of methoxy groups -OCH3 is 1. The number of ether oxygens (including phenoxy) is 1. The van der Waals surface area contributed by atoms with Crippen LogP contribution in [0.15, 0.2) is 0 Å². The molecule has 3 rings (SSSR count). The largest absolute Gasteiger partial charge is 0.481 e. The Kier molecular flexibility index (Phi) is 2.84. The Hall–Kier alpha value is -1.36. The van der Waals surface area contributed by atoms with Crippen LogP contribution in [0.1, 0.15) is 24.1 Å². The minimum absolute atomic E-state index is 0.740. The fraction of sp³-hybridized carbons (Fsp3) is 0.667. The van der Waals surface area contributed by atoms with Crippen molar-refractivity contribution in [1.29, 1.82) is 0 Å². The third-order valence-corrected chi connectivity index (χ3v) is 3.47. The van der Waals surface area contributed by atoms with Gasteiger partial charge < -0.3 is 15.0 Å². The maximum absolute atomic E-state index is 5.40. The van der Waals surface area contributed by atoms with Crippen molar-refractivity contribution < 1.29 is 4.74 Å². The molecular formula is C12H18N4O. The van der Waals surface area contributed by atoms with E-state index in [1.165, 1.54) is 12.8 Å². The molecule has 0 amide bonds. The first kappa shape index (κ1) is 10.8. The molecule has 0 radical (unpaired) electrons. The first-order chi connectivity index (χ1) is 8.38. The lowest BCUT2D eigenvalue weighted by atomic mass is 10.1. The van der Waals surface area contributed by atoms with Crippen molar-refractivity contribution in [3.63, 3.8) is 0 Å². The van der Waals surface area contributed by atoms with E-state index < -0.39 is 0 Å². The lowest BCUT2D eigenvalue weighted by Gasteiger charge is -2.22. The van der Waals surface area contributed by atoms with Crippen molar-refractivity contribution in [2.75, 3.05) is 31.6 Å². The van der Waals surface area contributed by atoms with Gasteiger partial charge in [-0.2, -0.15) is 4.98 Å². The third kappa shape index (κ3) is 1.95. The summed E-state index contributed by atoms with van der Waals surface area (Å²) in [6.45, 7) is 3.95. The van der Waals surface area contributed by atoms with Gasteiger partial charge in [0.2, 0.25) is 11.8 Å². The van der Waals surface area contributed by atoms with E-state index in [2.05, 4.69) is 15.2 Å². The standard InChI is InChI=1S/C12H18N4O/c1-17-11-9-8-13-5-4-10(9)14-12(15-11)16-6-2-3-7-16/h13H,2-8H2,1H3. The topological polar surface area (TPSA) is 50.3 Å². The summed E-state index contributed by atoms with van der Waals surface area (Å²) in [6, 6.07) is 0. The molecule has 1 saturated heterocycles. The van der Waals surface area contributed by atoms with Crippen LogP contribution in [0, 0.1) is 0 Å². The lowest BCUT2D eigenvalue weighted by molar-refractivity contribution is 0.385. The molecule has 92 valence electrons. The second-order valence-electron chi connectivity index (χ2n) is 4.58. The fourth-order valence-electron chi connectivity index (χ4n) is 2.53. The van der Waals surface area contributed by atoms with E-state index in [1.807, 2.05) is 0 Å². The van der Waals surface area contributed by atoms with E-state index in [1.54, 1.807) is 7.11 Å². The lowest BCUT2D eigenvalue weighted by Crippen LogP contribution is -2.28. The molecule has 1 aromatic rings. The molecule has 5 nitrogen and oxygen atoms in total. The van der Waals surface area contributed by atoms with Crippen LogP contribution in [0.25, 0.3) is 0 Å². The van der Waals surface area contributed by atoms with E-state index >= 15 is 0 Å². The van der Waals surface area contributed by atoms with Gasteiger partial charge in [0, 0.05) is 38.2 Å². The molecule has 1 aromatic heterocycles. The van der Waals surface area contributed by atoms with Gasteiger partial charge in [0.1, 0.15) is 0 Å². The highest BCUT2D eigenvalue weighted by Gasteiger charge is 2.22. The van der Waals surface area contributed by atoms with Crippen molar-refractivity contribution in [2.24, 2.45) is 0 Å². The Balaban J connectivity index is 1.99. The number of anilines is 1. The highest BCUT2D eigenvalue weighted by atomic mass is 16.5. The molecule has 1 fully saturated rings. The van der Waals surface area contributed by atoms with Crippen LogP contribution < -0.4 is 15.0 Å². The van der Waals surface area contributed by atoms with Crippen molar-refractivity contribution in [2.45, 2.75) is 25.8 Å². The molecule has 0 aliphatic carbocycles. The molecule has 5 heteroatoms. The average molecular weight is 234 g/mol. The minimum atomic E-state index is 0.740. The van der Waals surface area contributed by atoms with Gasteiger partial charge in [0.25, 0.3) is 0 Å². The van der Waals surface area contributed by atoms with Crippen LogP contribution >= 0.6 is 0 Å². The Morgan fingerprint density at radius 3 is 2.82 bits per heavy atom. The summed E-state index contributed by atoms with van der Waals surface area (Å²) in [4.78, 5) is 11.5. The number of fused-ring (bicyclic) bond motifs is 1. The van der Waals surface area contributed by atoms with Gasteiger partial charge in [-0.05, 0) is 12.8 Å².